The number of esters is 1. The van der Waals surface area contributed by atoms with Crippen LogP contribution < -0.4 is 9.50 Å². The summed E-state index contributed by atoms with van der Waals surface area (Å²) in [7, 11) is -5.77. The number of hydrogen-bond donors (Lipinski definition) is 1. The van der Waals surface area contributed by atoms with Crippen molar-refractivity contribution in [3.63, 3.8) is 0 Å². The van der Waals surface area contributed by atoms with Gasteiger partial charge in [-0.15, -0.1) is 0 Å². The highest BCUT2D eigenvalue weighted by Crippen LogP contribution is 2.26. The third-order valence-electron chi connectivity index (χ3n) is 2.53. The SMILES string of the molecule is CCOC(=O)CCNC(=O)c1ccc(OS(=O)(=O)C(F)(F)F)cc1. The summed E-state index contributed by atoms with van der Waals surface area (Å²) in [5.41, 5.74) is -5.49. The van der Waals surface area contributed by atoms with Gasteiger partial charge in [-0.3, -0.25) is 9.59 Å². The Hall–Kier alpha value is -2.30. The van der Waals surface area contributed by atoms with Crippen molar-refractivity contribution >= 4 is 22.0 Å². The van der Waals surface area contributed by atoms with Gasteiger partial charge in [0.25, 0.3) is 5.91 Å². The zero-order valence-corrected chi connectivity index (χ0v) is 13.2. The van der Waals surface area contributed by atoms with Gasteiger partial charge < -0.3 is 14.2 Å². The summed E-state index contributed by atoms with van der Waals surface area (Å²) in [6.45, 7) is 1.87. The molecule has 0 bridgehead atoms. The zero-order chi connectivity index (χ0) is 18.4. The van der Waals surface area contributed by atoms with E-state index in [-0.39, 0.29) is 25.1 Å². The lowest BCUT2D eigenvalue weighted by atomic mass is 10.2. The van der Waals surface area contributed by atoms with Crippen molar-refractivity contribution in [2.45, 2.75) is 18.9 Å². The summed E-state index contributed by atoms with van der Waals surface area (Å²) in [6.07, 6.45) is -0.0371. The van der Waals surface area contributed by atoms with Crippen LogP contribution in [0.5, 0.6) is 5.75 Å². The minimum atomic E-state index is -5.77. The first-order valence-electron chi connectivity index (χ1n) is 6.61. The second-order valence-corrected chi connectivity index (χ2v) is 5.86. The van der Waals surface area contributed by atoms with Crippen LogP contribution in [0.2, 0.25) is 0 Å². The first-order chi connectivity index (χ1) is 11.1. The van der Waals surface area contributed by atoms with Gasteiger partial charge in [-0.1, -0.05) is 0 Å². The molecule has 134 valence electrons. The monoisotopic (exact) mass is 369 g/mol. The molecule has 1 rings (SSSR count). The number of hydrogen-bond acceptors (Lipinski definition) is 6. The molecule has 0 aliphatic heterocycles. The number of alkyl halides is 3. The molecule has 0 fully saturated rings. The molecule has 7 nitrogen and oxygen atoms in total. The molecule has 0 aliphatic carbocycles. The van der Waals surface area contributed by atoms with Crippen LogP contribution >= 0.6 is 0 Å². The first kappa shape index (κ1) is 19.7. The van der Waals surface area contributed by atoms with E-state index in [9.17, 15) is 31.2 Å². The van der Waals surface area contributed by atoms with Crippen molar-refractivity contribution in [2.24, 2.45) is 0 Å². The molecule has 1 amide bonds. The molecule has 1 aromatic rings. The molecule has 0 spiro atoms. The Labute approximate surface area is 135 Å². The van der Waals surface area contributed by atoms with Gasteiger partial charge in [-0.25, -0.2) is 0 Å². The van der Waals surface area contributed by atoms with Crippen LogP contribution in [0.15, 0.2) is 24.3 Å². The number of halogens is 3. The number of carbonyl (C=O) groups excluding carboxylic acids is 2. The van der Waals surface area contributed by atoms with Gasteiger partial charge in [0.1, 0.15) is 5.75 Å². The van der Waals surface area contributed by atoms with E-state index in [0.717, 1.165) is 24.3 Å². The van der Waals surface area contributed by atoms with Crippen LogP contribution in [0.3, 0.4) is 0 Å². The number of nitrogens with one attached hydrogen (secondary N) is 1. The maximum Gasteiger partial charge on any atom is 0.534 e. The van der Waals surface area contributed by atoms with Gasteiger partial charge in [-0.2, -0.15) is 21.6 Å². The van der Waals surface area contributed by atoms with Gasteiger partial charge >= 0.3 is 21.6 Å². The van der Waals surface area contributed by atoms with E-state index in [4.69, 9.17) is 0 Å². The molecule has 24 heavy (non-hydrogen) atoms. The van der Waals surface area contributed by atoms with Crippen molar-refractivity contribution in [1.29, 1.82) is 0 Å². The van der Waals surface area contributed by atoms with Crippen LogP contribution in [0.1, 0.15) is 23.7 Å². The van der Waals surface area contributed by atoms with Crippen LogP contribution in [0, 0.1) is 0 Å². The summed E-state index contributed by atoms with van der Waals surface area (Å²) in [4.78, 5) is 22.8. The van der Waals surface area contributed by atoms with Gasteiger partial charge in [0.15, 0.2) is 0 Å². The number of rotatable bonds is 7. The van der Waals surface area contributed by atoms with Crippen molar-refractivity contribution in [1.82, 2.24) is 5.32 Å². The second-order valence-electron chi connectivity index (χ2n) is 4.32. The normalized spacial score (nSPS) is 11.7. The smallest absolute Gasteiger partial charge is 0.466 e. The summed E-state index contributed by atoms with van der Waals surface area (Å²) in [5.74, 6) is -1.67. The van der Waals surface area contributed by atoms with Crippen LogP contribution in [0.25, 0.3) is 0 Å². The molecule has 0 aliphatic rings. The van der Waals surface area contributed by atoms with Crippen molar-refractivity contribution in [3.05, 3.63) is 29.8 Å². The molecule has 0 unspecified atom stereocenters. The van der Waals surface area contributed by atoms with E-state index in [0.29, 0.717) is 0 Å². The Kier molecular flexibility index (Phi) is 6.58. The average Bonchev–Trinajstić information content (AvgIpc) is 2.46. The molecular weight excluding hydrogens is 355 g/mol. The molecular formula is C13H14F3NO6S. The van der Waals surface area contributed by atoms with Crippen molar-refractivity contribution in [2.75, 3.05) is 13.2 Å². The second kappa shape index (κ2) is 7.99. The van der Waals surface area contributed by atoms with Gasteiger partial charge in [0.05, 0.1) is 13.0 Å². The summed E-state index contributed by atoms with van der Waals surface area (Å²) in [5, 5.41) is 2.40. The van der Waals surface area contributed by atoms with Gasteiger partial charge in [0, 0.05) is 12.1 Å². The molecule has 0 radical (unpaired) electrons. The van der Waals surface area contributed by atoms with Crippen LogP contribution in [0.4, 0.5) is 13.2 Å². The largest absolute Gasteiger partial charge is 0.534 e. The number of ether oxygens (including phenoxy) is 1. The Morgan fingerprint density at radius 1 is 1.17 bits per heavy atom. The fourth-order valence-corrected chi connectivity index (χ4v) is 1.91. The van der Waals surface area contributed by atoms with Crippen molar-refractivity contribution < 1.29 is 40.1 Å². The topological polar surface area (TPSA) is 98.8 Å². The standard InChI is InChI=1S/C13H14F3NO6S/c1-2-22-11(18)7-8-17-12(19)9-3-5-10(6-4-9)23-24(20,21)13(14,15)16/h3-6H,2,7-8H2,1H3,(H,17,19). The number of carbonyl (C=O) groups is 2. The fraction of sp³-hybridized carbons (Fsp3) is 0.385. The Morgan fingerprint density at radius 3 is 2.25 bits per heavy atom. The highest BCUT2D eigenvalue weighted by molar-refractivity contribution is 7.88. The third-order valence-corrected chi connectivity index (χ3v) is 3.50. The van der Waals surface area contributed by atoms with E-state index in [1.54, 1.807) is 6.92 Å². The molecule has 1 N–H and O–H groups in total. The van der Waals surface area contributed by atoms with Gasteiger partial charge in [-0.05, 0) is 31.2 Å². The maximum atomic E-state index is 12.2. The lowest BCUT2D eigenvalue weighted by molar-refractivity contribution is -0.142. The number of benzene rings is 1. The first-order valence-corrected chi connectivity index (χ1v) is 8.02. The zero-order valence-electron chi connectivity index (χ0n) is 12.4. The van der Waals surface area contributed by atoms with E-state index in [2.05, 4.69) is 14.2 Å². The lowest BCUT2D eigenvalue weighted by Crippen LogP contribution is -2.28. The Morgan fingerprint density at radius 2 is 1.75 bits per heavy atom. The minimum Gasteiger partial charge on any atom is -0.466 e. The summed E-state index contributed by atoms with van der Waals surface area (Å²) < 4.78 is 66.7. The molecule has 0 atom stereocenters. The predicted octanol–water partition coefficient (Wildman–Crippen LogP) is 1.60. The minimum absolute atomic E-state index is 0.0123. The van der Waals surface area contributed by atoms with E-state index in [1.807, 2.05) is 0 Å². The summed E-state index contributed by atoms with van der Waals surface area (Å²) >= 11 is 0. The maximum absolute atomic E-state index is 12.2. The molecule has 0 saturated heterocycles. The molecule has 0 heterocycles. The predicted molar refractivity (Wildman–Crippen MR) is 75.6 cm³/mol. The third kappa shape index (κ3) is 5.72. The van der Waals surface area contributed by atoms with Crippen LogP contribution in [-0.4, -0.2) is 39.0 Å². The quantitative estimate of drug-likeness (QED) is 0.445. The van der Waals surface area contributed by atoms with Crippen molar-refractivity contribution in [3.8, 4) is 5.75 Å². The number of amides is 1. The Balaban J connectivity index is 2.61. The van der Waals surface area contributed by atoms with Gasteiger partial charge in [0.2, 0.25) is 0 Å². The molecule has 0 saturated carbocycles. The van der Waals surface area contributed by atoms with E-state index in [1.165, 1.54) is 0 Å². The highest BCUT2D eigenvalue weighted by Gasteiger charge is 2.48. The average molecular weight is 369 g/mol. The summed E-state index contributed by atoms with van der Waals surface area (Å²) in [6, 6.07) is 3.98. The van der Waals surface area contributed by atoms with Crippen LogP contribution in [-0.2, 0) is 19.6 Å². The molecule has 11 heteroatoms. The molecule has 1 aromatic carbocycles. The molecule has 0 aromatic heterocycles. The van der Waals surface area contributed by atoms with E-state index < -0.39 is 33.3 Å². The van der Waals surface area contributed by atoms with E-state index >= 15 is 0 Å². The Bertz CT molecular complexity index is 685. The highest BCUT2D eigenvalue weighted by atomic mass is 32.2. The lowest BCUT2D eigenvalue weighted by Gasteiger charge is -2.10. The fourth-order valence-electron chi connectivity index (χ4n) is 1.45.